The SMILES string of the molecule is CC(C)(C)c1ccnc(N2c3cc(Oc4cccc(N5CN(c6ccccc6)c6ccccc65)c4)ccc3[Te]c3cccnc32)c1. The van der Waals surface area contributed by atoms with E-state index in [2.05, 4.69) is 145 Å². The molecule has 0 saturated carbocycles. The van der Waals surface area contributed by atoms with Crippen molar-refractivity contribution < 1.29 is 4.74 Å². The van der Waals surface area contributed by atoms with Gasteiger partial charge in [-0.25, -0.2) is 0 Å². The van der Waals surface area contributed by atoms with Gasteiger partial charge in [-0.05, 0) is 12.1 Å². The summed E-state index contributed by atoms with van der Waals surface area (Å²) in [5.41, 5.74) is 6.94. The number of hydrogen-bond acceptors (Lipinski definition) is 6. The molecule has 0 atom stereocenters. The van der Waals surface area contributed by atoms with Gasteiger partial charge in [0.1, 0.15) is 0 Å². The van der Waals surface area contributed by atoms with Gasteiger partial charge >= 0.3 is 245 Å². The molecule has 0 aliphatic carbocycles. The summed E-state index contributed by atoms with van der Waals surface area (Å²) in [6.45, 7) is 7.41. The fourth-order valence-electron chi connectivity index (χ4n) is 6.04. The first-order chi connectivity index (χ1) is 22.4. The molecule has 0 radical (unpaired) electrons. The topological polar surface area (TPSA) is 44.7 Å². The van der Waals surface area contributed by atoms with Crippen LogP contribution < -0.4 is 26.7 Å². The summed E-state index contributed by atoms with van der Waals surface area (Å²) in [5.74, 6) is 3.41. The van der Waals surface area contributed by atoms with Crippen LogP contribution in [0.3, 0.4) is 0 Å². The van der Waals surface area contributed by atoms with E-state index in [4.69, 9.17) is 14.7 Å². The molecule has 46 heavy (non-hydrogen) atoms. The molecule has 0 amide bonds. The number of aromatic nitrogens is 2. The van der Waals surface area contributed by atoms with Gasteiger partial charge in [-0.3, -0.25) is 0 Å². The fraction of sp³-hybridized carbons (Fsp3) is 0.128. The van der Waals surface area contributed by atoms with E-state index >= 15 is 0 Å². The molecule has 6 nitrogen and oxygen atoms in total. The van der Waals surface area contributed by atoms with Gasteiger partial charge in [-0.15, -0.1) is 0 Å². The van der Waals surface area contributed by atoms with Crippen molar-refractivity contribution in [2.24, 2.45) is 0 Å². The van der Waals surface area contributed by atoms with Crippen molar-refractivity contribution in [1.82, 2.24) is 9.97 Å². The maximum atomic E-state index is 6.60. The summed E-state index contributed by atoms with van der Waals surface area (Å²) < 4.78 is 9.24. The Hall–Kier alpha value is -4.83. The van der Waals surface area contributed by atoms with E-state index in [1.807, 2.05) is 24.5 Å². The van der Waals surface area contributed by atoms with E-state index < -0.39 is 20.9 Å². The van der Waals surface area contributed by atoms with Crippen molar-refractivity contribution in [2.75, 3.05) is 21.4 Å². The second-order valence-corrected chi connectivity index (χ2v) is 15.6. The van der Waals surface area contributed by atoms with Crippen molar-refractivity contribution in [3.63, 3.8) is 0 Å². The zero-order chi connectivity index (χ0) is 31.3. The number of anilines is 7. The zero-order valence-corrected chi connectivity index (χ0v) is 28.3. The average molecular weight is 715 g/mol. The van der Waals surface area contributed by atoms with Crippen molar-refractivity contribution in [1.29, 1.82) is 0 Å². The number of nitrogens with zero attached hydrogens (tertiary/aromatic N) is 5. The van der Waals surface area contributed by atoms with Gasteiger partial charge in [-0.1, -0.05) is 24.3 Å². The molecule has 2 aliphatic heterocycles. The number of rotatable bonds is 5. The van der Waals surface area contributed by atoms with Crippen molar-refractivity contribution in [3.05, 3.63) is 139 Å². The fourth-order valence-corrected chi connectivity index (χ4v) is 8.92. The first-order valence-electron chi connectivity index (χ1n) is 15.4. The van der Waals surface area contributed by atoms with Gasteiger partial charge in [0.25, 0.3) is 0 Å². The van der Waals surface area contributed by atoms with Gasteiger partial charge in [-0.2, -0.15) is 0 Å². The van der Waals surface area contributed by atoms with Crippen LogP contribution >= 0.6 is 0 Å². The number of pyridine rings is 2. The molecule has 0 N–H and O–H groups in total. The number of fused-ring (bicyclic) bond motifs is 3. The predicted octanol–water partition coefficient (Wildman–Crippen LogP) is 8.25. The van der Waals surface area contributed by atoms with Gasteiger partial charge < -0.3 is 0 Å². The Kier molecular flexibility index (Phi) is 7.16. The molecule has 0 fully saturated rings. The van der Waals surface area contributed by atoms with Crippen LogP contribution in [0.5, 0.6) is 11.5 Å². The normalized spacial score (nSPS) is 13.7. The minimum atomic E-state index is -0.628. The molecule has 0 bridgehead atoms. The van der Waals surface area contributed by atoms with Crippen LogP contribution in [0.4, 0.5) is 40.1 Å². The monoisotopic (exact) mass is 717 g/mol. The number of benzene rings is 4. The van der Waals surface area contributed by atoms with E-state index in [0.717, 1.165) is 41.2 Å². The van der Waals surface area contributed by atoms with E-state index in [-0.39, 0.29) is 5.41 Å². The first kappa shape index (κ1) is 28.6. The summed E-state index contributed by atoms with van der Waals surface area (Å²) >= 11 is -0.628. The molecular weight excluding hydrogens is 682 g/mol. The molecule has 4 aromatic carbocycles. The van der Waals surface area contributed by atoms with Crippen molar-refractivity contribution >= 4 is 68.2 Å². The summed E-state index contributed by atoms with van der Waals surface area (Å²) in [7, 11) is 0. The van der Waals surface area contributed by atoms with E-state index in [0.29, 0.717) is 0 Å². The summed E-state index contributed by atoms with van der Waals surface area (Å²) in [4.78, 5) is 16.6. The summed E-state index contributed by atoms with van der Waals surface area (Å²) in [6.07, 6.45) is 3.78. The Balaban J connectivity index is 1.13. The molecule has 6 aromatic rings. The summed E-state index contributed by atoms with van der Waals surface area (Å²) in [5, 5.41) is 0. The van der Waals surface area contributed by atoms with E-state index in [9.17, 15) is 0 Å². The Labute approximate surface area is 280 Å². The quantitative estimate of drug-likeness (QED) is 0.168. The third kappa shape index (κ3) is 5.26. The molecule has 0 spiro atoms. The van der Waals surface area contributed by atoms with Crippen LogP contribution in [0, 0.1) is 0 Å². The summed E-state index contributed by atoms with van der Waals surface area (Å²) in [6, 6.07) is 42.5. The Bertz CT molecular complexity index is 2060. The van der Waals surface area contributed by atoms with Crippen LogP contribution in [-0.4, -0.2) is 37.6 Å². The van der Waals surface area contributed by atoms with E-state index in [1.54, 1.807) is 0 Å². The van der Waals surface area contributed by atoms with Crippen LogP contribution in [0.2, 0.25) is 0 Å². The molecule has 2 aliphatic rings. The van der Waals surface area contributed by atoms with Gasteiger partial charge in [0.15, 0.2) is 0 Å². The molecule has 4 heterocycles. The van der Waals surface area contributed by atoms with Crippen LogP contribution in [-0.2, 0) is 5.41 Å². The zero-order valence-electron chi connectivity index (χ0n) is 26.0. The molecule has 7 heteroatoms. The van der Waals surface area contributed by atoms with Crippen LogP contribution in [0.15, 0.2) is 134 Å². The third-order valence-corrected chi connectivity index (χ3v) is 11.5. The van der Waals surface area contributed by atoms with Crippen LogP contribution in [0.25, 0.3) is 0 Å². The van der Waals surface area contributed by atoms with E-state index in [1.165, 1.54) is 29.8 Å². The van der Waals surface area contributed by atoms with Gasteiger partial charge in [0, 0.05) is 0 Å². The minimum absolute atomic E-state index is 0.00139. The Morgan fingerprint density at radius 1 is 0.609 bits per heavy atom. The number of ether oxygens (including phenoxy) is 1. The Morgan fingerprint density at radius 2 is 1.35 bits per heavy atom. The molecule has 8 rings (SSSR count). The average Bonchev–Trinajstić information content (AvgIpc) is 3.47. The Morgan fingerprint density at radius 3 is 2.15 bits per heavy atom. The van der Waals surface area contributed by atoms with Crippen molar-refractivity contribution in [2.45, 2.75) is 26.2 Å². The molecule has 0 saturated heterocycles. The molecular formula is C39H33N5OTe. The standard InChI is InChI=1S/C39H33N5OTe/c1-39(2,3)27-20-22-40-37(23-27)44-34-25-31(18-19-35(34)46-36-17-10-21-41-38(36)44)45-30-14-9-13-29(24-30)43-26-42(28-11-5-4-6-12-28)32-15-7-8-16-33(32)43/h4-25H,26H2,1-3H3. The number of para-hydroxylation sites is 3. The van der Waals surface area contributed by atoms with Gasteiger partial charge in [0.05, 0.1) is 0 Å². The third-order valence-electron chi connectivity index (χ3n) is 8.37. The first-order valence-corrected chi connectivity index (χ1v) is 17.8. The molecule has 226 valence electrons. The van der Waals surface area contributed by atoms with Gasteiger partial charge in [0.2, 0.25) is 0 Å². The second kappa shape index (κ2) is 11.5. The molecule has 2 aromatic heterocycles. The second-order valence-electron chi connectivity index (χ2n) is 12.5. The molecule has 0 unspecified atom stereocenters. The number of hydrogen-bond donors (Lipinski definition) is 0. The predicted molar refractivity (Wildman–Crippen MR) is 189 cm³/mol. The maximum absolute atomic E-state index is 6.60. The van der Waals surface area contributed by atoms with Crippen molar-refractivity contribution in [3.8, 4) is 11.5 Å². The van der Waals surface area contributed by atoms with Crippen LogP contribution in [0.1, 0.15) is 26.3 Å².